The zero-order valence-electron chi connectivity index (χ0n) is 11.9. The number of imidazole rings is 1. The first-order valence-corrected chi connectivity index (χ1v) is 6.64. The Labute approximate surface area is 132 Å². The molecule has 0 fully saturated rings. The van der Waals surface area contributed by atoms with Gasteiger partial charge in [-0.15, -0.1) is 0 Å². The Morgan fingerprint density at radius 1 is 1.21 bits per heavy atom. The van der Waals surface area contributed by atoms with E-state index in [4.69, 9.17) is 0 Å². The molecule has 2 aromatic heterocycles. The molecule has 0 aliphatic rings. The first-order chi connectivity index (χ1) is 11.4. The molecule has 3 rings (SSSR count). The lowest BCUT2D eigenvalue weighted by molar-refractivity contribution is -0.144. The van der Waals surface area contributed by atoms with Crippen LogP contribution in [0.25, 0.3) is 11.2 Å². The average Bonchev–Trinajstić information content (AvgIpc) is 2.92. The van der Waals surface area contributed by atoms with Gasteiger partial charge in [0, 0.05) is 5.56 Å². The van der Waals surface area contributed by atoms with Gasteiger partial charge in [0.25, 0.3) is 0 Å². The van der Waals surface area contributed by atoms with Crippen LogP contribution in [0.3, 0.4) is 0 Å². The molecule has 1 aromatic carbocycles. The molecule has 0 saturated carbocycles. The summed E-state index contributed by atoms with van der Waals surface area (Å²) in [7, 11) is 0. The second-order valence-electron chi connectivity index (χ2n) is 4.79. The van der Waals surface area contributed by atoms with Crippen molar-refractivity contribution in [2.45, 2.75) is 12.7 Å². The van der Waals surface area contributed by atoms with E-state index in [0.29, 0.717) is 0 Å². The van der Waals surface area contributed by atoms with Crippen LogP contribution in [-0.4, -0.2) is 25.9 Å². The molecule has 1 N–H and O–H groups in total. The number of halogens is 4. The third-order valence-corrected chi connectivity index (χ3v) is 3.21. The summed E-state index contributed by atoms with van der Waals surface area (Å²) >= 11 is 0. The summed E-state index contributed by atoms with van der Waals surface area (Å²) in [6.07, 6.45) is -3.40. The minimum Gasteiger partial charge on any atom is -0.311 e. The first-order valence-electron chi connectivity index (χ1n) is 6.64. The molecule has 3 aromatic rings. The van der Waals surface area contributed by atoms with Crippen LogP contribution in [-0.2, 0) is 17.5 Å². The number of nitrogens with one attached hydrogen (secondary N) is 1. The lowest BCUT2D eigenvalue weighted by Gasteiger charge is -2.09. The number of benzene rings is 1. The van der Waals surface area contributed by atoms with Gasteiger partial charge in [-0.2, -0.15) is 13.2 Å². The molecule has 0 aliphatic heterocycles. The van der Waals surface area contributed by atoms with Crippen LogP contribution >= 0.6 is 0 Å². The predicted octanol–water partition coefficient (Wildman–Crippen LogP) is 2.60. The maximum atomic E-state index is 13.7. The lowest BCUT2D eigenvalue weighted by atomic mass is 10.2. The monoisotopic (exact) mass is 339 g/mol. The van der Waals surface area contributed by atoms with Crippen LogP contribution in [0.15, 0.2) is 30.6 Å². The summed E-state index contributed by atoms with van der Waals surface area (Å²) < 4.78 is 53.8. The van der Waals surface area contributed by atoms with Gasteiger partial charge < -0.3 is 9.88 Å². The highest BCUT2D eigenvalue weighted by molar-refractivity contribution is 5.88. The van der Waals surface area contributed by atoms with Crippen molar-refractivity contribution in [3.63, 3.8) is 0 Å². The molecule has 0 spiro atoms. The predicted molar refractivity (Wildman–Crippen MR) is 75.5 cm³/mol. The number of hydrogen-bond donors (Lipinski definition) is 1. The SMILES string of the molecule is O=CNc1nc(C(F)(F)F)nc2c1ncn2Cc1ccccc1F. The number of nitrogens with zero attached hydrogens (tertiary/aromatic N) is 4. The normalized spacial score (nSPS) is 11.7. The second-order valence-corrected chi connectivity index (χ2v) is 4.79. The number of anilines is 1. The molecule has 0 bridgehead atoms. The van der Waals surface area contributed by atoms with Crippen LogP contribution in [0.1, 0.15) is 11.4 Å². The number of carbonyl (C=O) groups is 1. The minimum atomic E-state index is -4.80. The van der Waals surface area contributed by atoms with Gasteiger partial charge in [0.2, 0.25) is 12.2 Å². The molecule has 10 heteroatoms. The maximum absolute atomic E-state index is 13.7. The van der Waals surface area contributed by atoms with Crippen molar-refractivity contribution < 1.29 is 22.4 Å². The molecule has 2 heterocycles. The van der Waals surface area contributed by atoms with Gasteiger partial charge in [-0.3, -0.25) is 4.79 Å². The fourth-order valence-corrected chi connectivity index (χ4v) is 2.15. The van der Waals surface area contributed by atoms with Crippen molar-refractivity contribution in [3.8, 4) is 0 Å². The zero-order chi connectivity index (χ0) is 17.3. The van der Waals surface area contributed by atoms with E-state index in [9.17, 15) is 22.4 Å². The highest BCUT2D eigenvalue weighted by Gasteiger charge is 2.36. The van der Waals surface area contributed by atoms with Crippen molar-refractivity contribution in [1.82, 2.24) is 19.5 Å². The fourth-order valence-electron chi connectivity index (χ4n) is 2.15. The van der Waals surface area contributed by atoms with Gasteiger partial charge in [0.15, 0.2) is 17.0 Å². The molecule has 0 aliphatic carbocycles. The summed E-state index contributed by atoms with van der Waals surface area (Å²) in [6.45, 7) is -0.0714. The molecule has 0 unspecified atom stereocenters. The number of rotatable bonds is 4. The van der Waals surface area contributed by atoms with E-state index in [2.05, 4.69) is 20.3 Å². The van der Waals surface area contributed by atoms with E-state index in [0.717, 1.165) is 0 Å². The van der Waals surface area contributed by atoms with Gasteiger partial charge in [0.1, 0.15) is 5.82 Å². The van der Waals surface area contributed by atoms with Crippen LogP contribution < -0.4 is 5.32 Å². The van der Waals surface area contributed by atoms with Crippen molar-refractivity contribution in [1.29, 1.82) is 0 Å². The minimum absolute atomic E-state index is 0.0218. The lowest BCUT2D eigenvalue weighted by Crippen LogP contribution is -2.14. The summed E-state index contributed by atoms with van der Waals surface area (Å²) in [4.78, 5) is 21.2. The summed E-state index contributed by atoms with van der Waals surface area (Å²) in [5, 5.41) is 2.07. The van der Waals surface area contributed by atoms with E-state index in [1.54, 1.807) is 6.07 Å². The van der Waals surface area contributed by atoms with Gasteiger partial charge in [-0.25, -0.2) is 19.3 Å². The van der Waals surface area contributed by atoms with E-state index in [-0.39, 0.29) is 35.5 Å². The summed E-state index contributed by atoms with van der Waals surface area (Å²) in [6, 6.07) is 5.84. The topological polar surface area (TPSA) is 72.7 Å². The molecule has 124 valence electrons. The first kappa shape index (κ1) is 15.8. The van der Waals surface area contributed by atoms with Gasteiger partial charge in [-0.05, 0) is 6.07 Å². The van der Waals surface area contributed by atoms with Gasteiger partial charge >= 0.3 is 6.18 Å². The van der Waals surface area contributed by atoms with Crippen LogP contribution in [0.2, 0.25) is 0 Å². The molecular weight excluding hydrogens is 330 g/mol. The van der Waals surface area contributed by atoms with Crippen molar-refractivity contribution in [2.75, 3.05) is 5.32 Å². The number of carbonyl (C=O) groups excluding carboxylic acids is 1. The number of hydrogen-bond acceptors (Lipinski definition) is 4. The molecule has 1 amide bonds. The number of aromatic nitrogens is 4. The quantitative estimate of drug-likeness (QED) is 0.586. The molecular formula is C14H9F4N5O. The number of fused-ring (bicyclic) bond motifs is 1. The third-order valence-electron chi connectivity index (χ3n) is 3.21. The standard InChI is InChI=1S/C14H9F4N5O/c15-9-4-2-1-3-8(9)5-23-6-19-10-11(20-7-24)21-13(14(16,17)18)22-12(10)23/h1-4,6-7H,5H2,(H,20,21,22,24). The zero-order valence-corrected chi connectivity index (χ0v) is 11.9. The largest absolute Gasteiger partial charge is 0.451 e. The molecule has 6 nitrogen and oxygen atoms in total. The van der Waals surface area contributed by atoms with E-state index < -0.39 is 17.8 Å². The summed E-state index contributed by atoms with van der Waals surface area (Å²) in [5.74, 6) is -2.29. The molecule has 0 saturated heterocycles. The van der Waals surface area contributed by atoms with Crippen LogP contribution in [0.4, 0.5) is 23.4 Å². The highest BCUT2D eigenvalue weighted by Crippen LogP contribution is 2.30. The number of alkyl halides is 3. The van der Waals surface area contributed by atoms with E-state index >= 15 is 0 Å². The Morgan fingerprint density at radius 2 is 1.96 bits per heavy atom. The second kappa shape index (κ2) is 5.87. The Kier molecular flexibility index (Phi) is 3.87. The molecule has 24 heavy (non-hydrogen) atoms. The Bertz CT molecular complexity index is 906. The van der Waals surface area contributed by atoms with Crippen molar-refractivity contribution in [2.24, 2.45) is 0 Å². The summed E-state index contributed by atoms with van der Waals surface area (Å²) in [5.41, 5.74) is 0.0743. The van der Waals surface area contributed by atoms with E-state index in [1.807, 2.05) is 0 Å². The number of amides is 1. The Hall–Kier alpha value is -3.04. The maximum Gasteiger partial charge on any atom is 0.451 e. The van der Waals surface area contributed by atoms with Gasteiger partial charge in [0.05, 0.1) is 12.9 Å². The smallest absolute Gasteiger partial charge is 0.311 e. The highest BCUT2D eigenvalue weighted by atomic mass is 19.4. The third kappa shape index (κ3) is 2.90. The molecule has 0 atom stereocenters. The Morgan fingerprint density at radius 3 is 2.62 bits per heavy atom. The van der Waals surface area contributed by atoms with Crippen molar-refractivity contribution >= 4 is 23.4 Å². The fraction of sp³-hybridized carbons (Fsp3) is 0.143. The van der Waals surface area contributed by atoms with Crippen LogP contribution in [0, 0.1) is 5.82 Å². The average molecular weight is 339 g/mol. The molecule has 0 radical (unpaired) electrons. The van der Waals surface area contributed by atoms with Crippen molar-refractivity contribution in [3.05, 3.63) is 47.8 Å². The van der Waals surface area contributed by atoms with Crippen LogP contribution in [0.5, 0.6) is 0 Å². The Balaban J connectivity index is 2.14. The van der Waals surface area contributed by atoms with E-state index in [1.165, 1.54) is 29.1 Å². The van der Waals surface area contributed by atoms with Gasteiger partial charge in [-0.1, -0.05) is 18.2 Å².